The van der Waals surface area contributed by atoms with Crippen molar-refractivity contribution >= 4 is 5.91 Å². The summed E-state index contributed by atoms with van der Waals surface area (Å²) < 4.78 is 12.8. The number of piperidine rings is 1. The number of nitrogens with one attached hydrogen (secondary N) is 3. The molecular formula is C19H28FN3O. The van der Waals surface area contributed by atoms with Gasteiger partial charge in [0.15, 0.2) is 0 Å². The molecule has 1 aromatic rings. The lowest BCUT2D eigenvalue weighted by atomic mass is 9.67. The highest BCUT2D eigenvalue weighted by molar-refractivity contribution is 5.94. The van der Waals surface area contributed by atoms with E-state index >= 15 is 0 Å². The molecule has 5 heteroatoms. The van der Waals surface area contributed by atoms with E-state index in [-0.39, 0.29) is 11.7 Å². The molecule has 1 aliphatic heterocycles. The van der Waals surface area contributed by atoms with Crippen LogP contribution in [0.1, 0.15) is 48.9 Å². The van der Waals surface area contributed by atoms with Gasteiger partial charge in [-0.1, -0.05) is 0 Å². The fourth-order valence-electron chi connectivity index (χ4n) is 4.05. The highest BCUT2D eigenvalue weighted by atomic mass is 19.1. The van der Waals surface area contributed by atoms with Gasteiger partial charge in [0, 0.05) is 24.7 Å². The predicted molar refractivity (Wildman–Crippen MR) is 93.5 cm³/mol. The van der Waals surface area contributed by atoms with Gasteiger partial charge in [-0.2, -0.15) is 0 Å². The summed E-state index contributed by atoms with van der Waals surface area (Å²) in [5.41, 5.74) is 1.10. The van der Waals surface area contributed by atoms with E-state index in [0.29, 0.717) is 23.6 Å². The topological polar surface area (TPSA) is 53.2 Å². The highest BCUT2D eigenvalue weighted by Crippen LogP contribution is 2.43. The summed E-state index contributed by atoms with van der Waals surface area (Å²) in [6.45, 7) is 3.73. The van der Waals surface area contributed by atoms with Crippen molar-refractivity contribution in [3.63, 3.8) is 0 Å². The van der Waals surface area contributed by atoms with Gasteiger partial charge < -0.3 is 16.0 Å². The van der Waals surface area contributed by atoms with Gasteiger partial charge in [0.05, 0.1) is 0 Å². The van der Waals surface area contributed by atoms with Gasteiger partial charge >= 0.3 is 0 Å². The normalized spacial score (nSPS) is 20.9. The Morgan fingerprint density at radius 3 is 2.42 bits per heavy atom. The molecule has 24 heavy (non-hydrogen) atoms. The van der Waals surface area contributed by atoms with E-state index in [1.807, 2.05) is 0 Å². The molecule has 0 aromatic heterocycles. The number of carbonyl (C=O) groups excluding carboxylic acids is 1. The molecule has 132 valence electrons. The Balaban J connectivity index is 1.32. The van der Waals surface area contributed by atoms with Gasteiger partial charge in [-0.25, -0.2) is 4.39 Å². The molecule has 1 saturated carbocycles. The molecule has 1 aromatic carbocycles. The smallest absolute Gasteiger partial charge is 0.251 e. The maximum absolute atomic E-state index is 12.8. The number of amides is 1. The molecule has 0 unspecified atom stereocenters. The third-order valence-corrected chi connectivity index (χ3v) is 5.66. The molecule has 1 saturated heterocycles. The van der Waals surface area contributed by atoms with Crippen LogP contribution in [0.2, 0.25) is 0 Å². The van der Waals surface area contributed by atoms with Crippen LogP contribution in [0.15, 0.2) is 24.3 Å². The third-order valence-electron chi connectivity index (χ3n) is 5.66. The van der Waals surface area contributed by atoms with E-state index in [0.717, 1.165) is 6.54 Å². The Morgan fingerprint density at radius 1 is 1.08 bits per heavy atom. The Labute approximate surface area is 143 Å². The standard InChI is InChI=1S/C19H28FN3O/c20-16-3-1-15(2-4-16)18(24)23-14-13-22-17-5-7-19(8-6-17)9-11-21-12-10-19/h1-4,17,21-22H,5-14H2,(H,23,24). The summed E-state index contributed by atoms with van der Waals surface area (Å²) in [5.74, 6) is -0.467. The van der Waals surface area contributed by atoms with Crippen molar-refractivity contribution in [3.05, 3.63) is 35.6 Å². The lowest BCUT2D eigenvalue weighted by molar-refractivity contribution is 0.0951. The minimum Gasteiger partial charge on any atom is -0.351 e. The first-order chi connectivity index (χ1) is 11.7. The Bertz CT molecular complexity index is 530. The SMILES string of the molecule is O=C(NCCNC1CCC2(CCNCC2)CC1)c1ccc(F)cc1. The number of rotatable bonds is 5. The molecule has 1 spiro atoms. The molecule has 1 aliphatic carbocycles. The van der Waals surface area contributed by atoms with Gasteiger partial charge in [-0.05, 0) is 81.3 Å². The van der Waals surface area contributed by atoms with Crippen LogP contribution in [0.5, 0.6) is 0 Å². The number of halogens is 1. The van der Waals surface area contributed by atoms with Crippen LogP contribution in [-0.4, -0.2) is 38.1 Å². The summed E-state index contributed by atoms with van der Waals surface area (Å²) in [6.07, 6.45) is 7.79. The monoisotopic (exact) mass is 333 g/mol. The summed E-state index contributed by atoms with van der Waals surface area (Å²) in [4.78, 5) is 11.9. The van der Waals surface area contributed by atoms with Gasteiger partial charge in [0.1, 0.15) is 5.82 Å². The highest BCUT2D eigenvalue weighted by Gasteiger charge is 2.35. The van der Waals surface area contributed by atoms with Crippen LogP contribution >= 0.6 is 0 Å². The zero-order chi connectivity index (χ0) is 16.8. The van der Waals surface area contributed by atoms with Crippen LogP contribution in [0, 0.1) is 11.2 Å². The second-order valence-electron chi connectivity index (χ2n) is 7.24. The van der Waals surface area contributed by atoms with Crippen molar-refractivity contribution in [3.8, 4) is 0 Å². The molecule has 1 amide bonds. The predicted octanol–water partition coefficient (Wildman–Crippen LogP) is 2.46. The Hall–Kier alpha value is -1.46. The second kappa shape index (κ2) is 8.08. The van der Waals surface area contributed by atoms with E-state index in [2.05, 4.69) is 16.0 Å². The van der Waals surface area contributed by atoms with Gasteiger partial charge in [-0.15, -0.1) is 0 Å². The summed E-state index contributed by atoms with van der Waals surface area (Å²) in [7, 11) is 0. The minimum atomic E-state index is -0.322. The van der Waals surface area contributed by atoms with E-state index in [1.54, 1.807) is 0 Å². The fraction of sp³-hybridized carbons (Fsp3) is 0.632. The maximum Gasteiger partial charge on any atom is 0.251 e. The zero-order valence-electron chi connectivity index (χ0n) is 14.2. The molecule has 1 heterocycles. The summed E-state index contributed by atoms with van der Waals surface area (Å²) in [6, 6.07) is 6.22. The van der Waals surface area contributed by atoms with Crippen LogP contribution in [0.3, 0.4) is 0 Å². The summed E-state index contributed by atoms with van der Waals surface area (Å²) >= 11 is 0. The molecule has 3 N–H and O–H groups in total. The molecular weight excluding hydrogens is 305 g/mol. The maximum atomic E-state index is 12.8. The van der Waals surface area contributed by atoms with Crippen molar-refractivity contribution in [1.29, 1.82) is 0 Å². The van der Waals surface area contributed by atoms with E-state index in [9.17, 15) is 9.18 Å². The van der Waals surface area contributed by atoms with Crippen molar-refractivity contribution < 1.29 is 9.18 Å². The average molecular weight is 333 g/mol. The van der Waals surface area contributed by atoms with Crippen molar-refractivity contribution in [1.82, 2.24) is 16.0 Å². The minimum absolute atomic E-state index is 0.144. The first kappa shape index (κ1) is 17.4. The molecule has 3 rings (SSSR count). The Morgan fingerprint density at radius 2 is 1.75 bits per heavy atom. The van der Waals surface area contributed by atoms with E-state index < -0.39 is 0 Å². The van der Waals surface area contributed by atoms with Crippen molar-refractivity contribution in [2.45, 2.75) is 44.6 Å². The van der Waals surface area contributed by atoms with Crippen molar-refractivity contribution in [2.75, 3.05) is 26.2 Å². The second-order valence-corrected chi connectivity index (χ2v) is 7.24. The van der Waals surface area contributed by atoms with Crippen LogP contribution in [0.25, 0.3) is 0 Å². The average Bonchev–Trinajstić information content (AvgIpc) is 2.61. The van der Waals surface area contributed by atoms with Crippen LogP contribution in [-0.2, 0) is 0 Å². The molecule has 2 fully saturated rings. The van der Waals surface area contributed by atoms with Crippen LogP contribution < -0.4 is 16.0 Å². The van der Waals surface area contributed by atoms with Crippen molar-refractivity contribution in [2.24, 2.45) is 5.41 Å². The molecule has 0 radical (unpaired) electrons. The number of benzene rings is 1. The zero-order valence-corrected chi connectivity index (χ0v) is 14.2. The fourth-order valence-corrected chi connectivity index (χ4v) is 4.05. The van der Waals surface area contributed by atoms with Gasteiger partial charge in [0.2, 0.25) is 0 Å². The molecule has 2 aliphatic rings. The first-order valence-electron chi connectivity index (χ1n) is 9.15. The van der Waals surface area contributed by atoms with Crippen LogP contribution in [0.4, 0.5) is 4.39 Å². The largest absolute Gasteiger partial charge is 0.351 e. The first-order valence-corrected chi connectivity index (χ1v) is 9.15. The van der Waals surface area contributed by atoms with Gasteiger partial charge in [0.25, 0.3) is 5.91 Å². The van der Waals surface area contributed by atoms with E-state index in [1.165, 1.54) is 75.9 Å². The van der Waals surface area contributed by atoms with Gasteiger partial charge in [-0.3, -0.25) is 4.79 Å². The summed E-state index contributed by atoms with van der Waals surface area (Å²) in [5, 5.41) is 9.91. The number of hydrogen-bond donors (Lipinski definition) is 3. The lowest BCUT2D eigenvalue weighted by Gasteiger charge is -2.43. The third kappa shape index (κ3) is 4.54. The molecule has 4 nitrogen and oxygen atoms in total. The number of carbonyl (C=O) groups is 1. The quantitative estimate of drug-likeness (QED) is 0.726. The van der Waals surface area contributed by atoms with E-state index in [4.69, 9.17) is 0 Å². The number of hydrogen-bond acceptors (Lipinski definition) is 3. The molecule has 0 atom stereocenters. The lowest BCUT2D eigenvalue weighted by Crippen LogP contribution is -2.44. The molecule has 0 bridgehead atoms. The Kier molecular flexibility index (Phi) is 5.85.